The van der Waals surface area contributed by atoms with Crippen LogP contribution in [0.4, 0.5) is 4.79 Å². The minimum atomic E-state index is -0.556. The van der Waals surface area contributed by atoms with Gasteiger partial charge in [0.15, 0.2) is 0 Å². The molecule has 2 aromatic heterocycles. The summed E-state index contributed by atoms with van der Waals surface area (Å²) >= 11 is 0. The molecule has 2 heterocycles. The normalized spacial score (nSPS) is 12.0. The van der Waals surface area contributed by atoms with Gasteiger partial charge in [0, 0.05) is 11.5 Å². The molecule has 7 heteroatoms. The van der Waals surface area contributed by atoms with Gasteiger partial charge in [0.05, 0.1) is 6.54 Å². The molecule has 0 unspecified atom stereocenters. The highest BCUT2D eigenvalue weighted by Gasteiger charge is 2.16. The van der Waals surface area contributed by atoms with Gasteiger partial charge in [-0.1, -0.05) is 18.2 Å². The second-order valence-corrected chi connectivity index (χ2v) is 6.41. The first kappa shape index (κ1) is 16.8. The summed E-state index contributed by atoms with van der Waals surface area (Å²) in [6, 6.07) is 9.67. The van der Waals surface area contributed by atoms with E-state index in [0.29, 0.717) is 11.7 Å². The van der Waals surface area contributed by atoms with Gasteiger partial charge in [-0.3, -0.25) is 0 Å². The fraction of sp³-hybridized carbons (Fsp3) is 0.278. The summed E-state index contributed by atoms with van der Waals surface area (Å²) in [5.74, 6) is 1.30. The van der Waals surface area contributed by atoms with Gasteiger partial charge in [-0.2, -0.15) is 0 Å². The van der Waals surface area contributed by atoms with Gasteiger partial charge < -0.3 is 18.9 Å². The number of ether oxygens (including phenoxy) is 1. The molecule has 0 saturated heterocycles. The molecule has 25 heavy (non-hydrogen) atoms. The molecule has 3 aromatic rings. The maximum atomic E-state index is 11.6. The quantitative estimate of drug-likeness (QED) is 0.771. The number of benzene rings is 1. The molecule has 0 radical (unpaired) electrons. The van der Waals surface area contributed by atoms with Crippen LogP contribution in [0.5, 0.6) is 0 Å². The Morgan fingerprint density at radius 1 is 1.20 bits per heavy atom. The van der Waals surface area contributed by atoms with E-state index in [2.05, 4.69) is 15.5 Å². The van der Waals surface area contributed by atoms with Crippen molar-refractivity contribution in [2.45, 2.75) is 32.9 Å². The number of nitrogens with zero attached hydrogens (tertiary/aromatic N) is 2. The predicted molar refractivity (Wildman–Crippen MR) is 92.5 cm³/mol. The number of furan rings is 1. The number of carbonyl (C=O) groups excluding carboxylic acids is 1. The Kier molecular flexibility index (Phi) is 4.56. The molecule has 0 bridgehead atoms. The third kappa shape index (κ3) is 4.69. The van der Waals surface area contributed by atoms with Crippen molar-refractivity contribution < 1.29 is 18.4 Å². The minimum Gasteiger partial charge on any atom is -0.457 e. The highest BCUT2D eigenvalue weighted by atomic mass is 16.6. The molecule has 1 N–H and O–H groups in total. The highest BCUT2D eigenvalue weighted by molar-refractivity contribution is 5.81. The van der Waals surface area contributed by atoms with Gasteiger partial charge in [0.1, 0.15) is 16.9 Å². The number of nitrogens with one attached hydrogen (secondary N) is 1. The average molecular weight is 341 g/mol. The molecule has 0 saturated carbocycles. The van der Waals surface area contributed by atoms with Crippen molar-refractivity contribution in [2.24, 2.45) is 0 Å². The molecule has 0 aliphatic heterocycles. The first-order chi connectivity index (χ1) is 11.9. The number of rotatable bonds is 4. The van der Waals surface area contributed by atoms with Gasteiger partial charge in [-0.05, 0) is 39.0 Å². The Morgan fingerprint density at radius 2 is 2.00 bits per heavy atom. The molecular weight excluding hydrogens is 322 g/mol. The summed E-state index contributed by atoms with van der Waals surface area (Å²) in [7, 11) is 0. The van der Waals surface area contributed by atoms with Gasteiger partial charge in [-0.15, -0.1) is 10.2 Å². The fourth-order valence-corrected chi connectivity index (χ4v) is 2.11. The summed E-state index contributed by atoms with van der Waals surface area (Å²) in [6.45, 7) is 5.47. The monoisotopic (exact) mass is 341 g/mol. The van der Waals surface area contributed by atoms with E-state index in [-0.39, 0.29) is 12.4 Å². The maximum Gasteiger partial charge on any atom is 0.408 e. The highest BCUT2D eigenvalue weighted by Crippen LogP contribution is 2.20. The number of amides is 1. The van der Waals surface area contributed by atoms with Gasteiger partial charge >= 0.3 is 6.09 Å². The van der Waals surface area contributed by atoms with Crippen molar-refractivity contribution in [3.8, 4) is 0 Å². The van der Waals surface area contributed by atoms with Crippen molar-refractivity contribution >= 4 is 29.2 Å². The van der Waals surface area contributed by atoms with Crippen LogP contribution in [0.1, 0.15) is 38.3 Å². The summed E-state index contributed by atoms with van der Waals surface area (Å²) in [4.78, 5) is 11.6. The van der Waals surface area contributed by atoms with Crippen molar-refractivity contribution in [3.63, 3.8) is 0 Å². The van der Waals surface area contributed by atoms with Crippen LogP contribution < -0.4 is 5.32 Å². The number of carbonyl (C=O) groups is 1. The van der Waals surface area contributed by atoms with Crippen LogP contribution in [-0.2, 0) is 11.3 Å². The lowest BCUT2D eigenvalue weighted by atomic mass is 10.2. The Hall–Kier alpha value is -3.09. The van der Waals surface area contributed by atoms with Crippen molar-refractivity contribution in [3.05, 3.63) is 47.9 Å². The molecule has 0 fully saturated rings. The number of para-hydroxylation sites is 1. The molecule has 0 aliphatic rings. The van der Waals surface area contributed by atoms with E-state index in [1.807, 2.05) is 30.3 Å². The second-order valence-electron chi connectivity index (χ2n) is 6.41. The van der Waals surface area contributed by atoms with Crippen LogP contribution in [0.3, 0.4) is 0 Å². The number of fused-ring (bicyclic) bond motifs is 1. The van der Waals surface area contributed by atoms with E-state index in [4.69, 9.17) is 13.6 Å². The molecule has 0 atom stereocenters. The Balaban J connectivity index is 1.58. The first-order valence-corrected chi connectivity index (χ1v) is 7.85. The SMILES string of the molecule is CC(C)(C)OC(=O)NCc1nnc(/C=C/c2cc3ccccc3o2)o1. The number of hydrogen-bond acceptors (Lipinski definition) is 6. The lowest BCUT2D eigenvalue weighted by Crippen LogP contribution is -2.32. The Labute approximate surface area is 144 Å². The van der Waals surface area contributed by atoms with Crippen molar-refractivity contribution in [1.82, 2.24) is 15.5 Å². The average Bonchev–Trinajstić information content (AvgIpc) is 3.15. The minimum absolute atomic E-state index is 0.0976. The zero-order valence-corrected chi connectivity index (χ0v) is 14.3. The van der Waals surface area contributed by atoms with Crippen LogP contribution in [0.2, 0.25) is 0 Å². The van der Waals surface area contributed by atoms with E-state index < -0.39 is 11.7 Å². The standard InChI is InChI=1S/C18H19N3O4/c1-18(2,3)25-17(22)19-11-16-21-20-15(24-16)9-8-13-10-12-6-4-5-7-14(12)23-13/h4-10H,11H2,1-3H3,(H,19,22)/b9-8+. The lowest BCUT2D eigenvalue weighted by Gasteiger charge is -2.19. The van der Waals surface area contributed by atoms with Crippen LogP contribution in [0.15, 0.2) is 39.2 Å². The maximum absolute atomic E-state index is 11.6. The summed E-state index contributed by atoms with van der Waals surface area (Å²) in [6.07, 6.45) is 2.87. The zero-order valence-electron chi connectivity index (χ0n) is 14.3. The van der Waals surface area contributed by atoms with Crippen molar-refractivity contribution in [2.75, 3.05) is 0 Å². The number of aromatic nitrogens is 2. The molecule has 0 spiro atoms. The molecule has 0 aliphatic carbocycles. The van der Waals surface area contributed by atoms with Gasteiger partial charge in [0.2, 0.25) is 11.8 Å². The number of alkyl carbamates (subject to hydrolysis) is 1. The van der Waals surface area contributed by atoms with E-state index in [1.165, 1.54) is 0 Å². The lowest BCUT2D eigenvalue weighted by molar-refractivity contribution is 0.0519. The molecular formula is C18H19N3O4. The zero-order chi connectivity index (χ0) is 17.9. The molecule has 3 rings (SSSR count). The molecule has 1 aromatic carbocycles. The summed E-state index contributed by atoms with van der Waals surface area (Å²) in [5.41, 5.74) is 0.259. The second kappa shape index (κ2) is 6.80. The summed E-state index contributed by atoms with van der Waals surface area (Å²) in [5, 5.41) is 11.4. The van der Waals surface area contributed by atoms with Crippen LogP contribution in [0, 0.1) is 0 Å². The molecule has 7 nitrogen and oxygen atoms in total. The summed E-state index contributed by atoms with van der Waals surface area (Å²) < 4.78 is 16.2. The van der Waals surface area contributed by atoms with E-state index >= 15 is 0 Å². The molecule has 1 amide bonds. The Bertz CT molecular complexity index is 869. The Morgan fingerprint density at radius 3 is 2.76 bits per heavy atom. The van der Waals surface area contributed by atoms with Crippen molar-refractivity contribution in [1.29, 1.82) is 0 Å². The topological polar surface area (TPSA) is 90.4 Å². The smallest absolute Gasteiger partial charge is 0.408 e. The third-order valence-electron chi connectivity index (χ3n) is 3.10. The number of hydrogen-bond donors (Lipinski definition) is 1. The first-order valence-electron chi connectivity index (χ1n) is 7.85. The van der Waals surface area contributed by atoms with E-state index in [0.717, 1.165) is 11.0 Å². The molecule has 130 valence electrons. The van der Waals surface area contributed by atoms with E-state index in [1.54, 1.807) is 32.9 Å². The predicted octanol–water partition coefficient (Wildman–Crippen LogP) is 4.01. The van der Waals surface area contributed by atoms with Crippen LogP contribution in [0.25, 0.3) is 23.1 Å². The van der Waals surface area contributed by atoms with Gasteiger partial charge in [-0.25, -0.2) is 4.79 Å². The van der Waals surface area contributed by atoms with Crippen LogP contribution in [-0.4, -0.2) is 21.9 Å². The third-order valence-corrected chi connectivity index (χ3v) is 3.10. The van der Waals surface area contributed by atoms with Gasteiger partial charge in [0.25, 0.3) is 0 Å². The van der Waals surface area contributed by atoms with E-state index in [9.17, 15) is 4.79 Å². The fourth-order valence-electron chi connectivity index (χ4n) is 2.11. The van der Waals surface area contributed by atoms with Crippen LogP contribution >= 0.6 is 0 Å². The largest absolute Gasteiger partial charge is 0.457 e.